The van der Waals surface area contributed by atoms with Crippen molar-refractivity contribution >= 4 is 11.6 Å². The van der Waals surface area contributed by atoms with Crippen molar-refractivity contribution in [1.29, 1.82) is 0 Å². The first-order valence-electron chi connectivity index (χ1n) is 6.91. The highest BCUT2D eigenvalue weighted by atomic mass is 16.5. The number of carboxylic acids is 1. The lowest BCUT2D eigenvalue weighted by atomic mass is 10.2. The molecule has 3 aromatic rings. The van der Waals surface area contributed by atoms with E-state index in [0.29, 0.717) is 11.4 Å². The average Bonchev–Trinajstić information content (AvgIpc) is 2.91. The van der Waals surface area contributed by atoms with Gasteiger partial charge in [0.2, 0.25) is 0 Å². The van der Waals surface area contributed by atoms with E-state index in [-0.39, 0.29) is 13.2 Å². The maximum atomic E-state index is 10.6. The molecule has 0 spiro atoms. The molecule has 0 atom stereocenters. The second kappa shape index (κ2) is 6.73. The number of carbonyl (C=O) groups is 1. The van der Waals surface area contributed by atoms with E-state index < -0.39 is 5.97 Å². The van der Waals surface area contributed by atoms with E-state index >= 15 is 0 Å². The first kappa shape index (κ1) is 14.8. The van der Waals surface area contributed by atoms with Gasteiger partial charge in [0.1, 0.15) is 23.6 Å². The highest BCUT2D eigenvalue weighted by Gasteiger charge is 2.10. The summed E-state index contributed by atoms with van der Waals surface area (Å²) >= 11 is 0. The first-order chi connectivity index (χ1) is 11.2. The van der Waals surface area contributed by atoms with Gasteiger partial charge in [-0.25, -0.2) is 9.78 Å². The molecular weight excluding hydrogens is 294 g/mol. The normalized spacial score (nSPS) is 10.3. The molecule has 6 heteroatoms. The monoisotopic (exact) mass is 307 g/mol. The predicted molar refractivity (Wildman–Crippen MR) is 82.7 cm³/mol. The molecular formula is C17H13N3O3. The second-order valence-corrected chi connectivity index (χ2v) is 4.71. The lowest BCUT2D eigenvalue weighted by Crippen LogP contribution is -2.07. The molecule has 0 fully saturated rings. The van der Waals surface area contributed by atoms with Crippen LogP contribution in [-0.2, 0) is 16.1 Å². The van der Waals surface area contributed by atoms with Crippen LogP contribution >= 0.6 is 0 Å². The van der Waals surface area contributed by atoms with E-state index in [0.717, 1.165) is 11.2 Å². The Morgan fingerprint density at radius 3 is 2.96 bits per heavy atom. The van der Waals surface area contributed by atoms with Crippen LogP contribution in [-0.4, -0.2) is 32.1 Å². The van der Waals surface area contributed by atoms with E-state index in [1.54, 1.807) is 12.4 Å². The van der Waals surface area contributed by atoms with Crippen molar-refractivity contribution in [3.05, 3.63) is 65.9 Å². The zero-order valence-electron chi connectivity index (χ0n) is 12.1. The van der Waals surface area contributed by atoms with Gasteiger partial charge < -0.3 is 9.84 Å². The van der Waals surface area contributed by atoms with Crippen LogP contribution in [0.25, 0.3) is 5.65 Å². The van der Waals surface area contributed by atoms with Gasteiger partial charge in [-0.2, -0.15) is 0 Å². The summed E-state index contributed by atoms with van der Waals surface area (Å²) in [5, 5.41) is 8.67. The largest absolute Gasteiger partial charge is 0.480 e. The number of nitrogens with zero attached hydrogens (tertiary/aromatic N) is 3. The summed E-state index contributed by atoms with van der Waals surface area (Å²) in [4.78, 5) is 19.0. The number of carboxylic acid groups (broad SMARTS) is 1. The fraction of sp³-hybridized carbons (Fsp3) is 0.118. The topological polar surface area (TPSA) is 76.7 Å². The lowest BCUT2D eigenvalue weighted by molar-refractivity contribution is -0.142. The maximum Gasteiger partial charge on any atom is 0.329 e. The summed E-state index contributed by atoms with van der Waals surface area (Å²) in [5.41, 5.74) is 2.80. The van der Waals surface area contributed by atoms with Crippen molar-refractivity contribution in [3.8, 4) is 11.8 Å². The molecule has 3 aromatic heterocycles. The number of hydrogen-bond acceptors (Lipinski definition) is 4. The number of fused-ring (bicyclic) bond motifs is 1. The molecule has 0 aromatic carbocycles. The van der Waals surface area contributed by atoms with Crippen LogP contribution in [0, 0.1) is 11.8 Å². The highest BCUT2D eigenvalue weighted by Crippen LogP contribution is 2.13. The number of imidazole rings is 1. The number of pyridine rings is 2. The molecule has 0 aliphatic carbocycles. The van der Waals surface area contributed by atoms with Crippen LogP contribution in [0.4, 0.5) is 0 Å². The molecule has 23 heavy (non-hydrogen) atoms. The van der Waals surface area contributed by atoms with Crippen LogP contribution < -0.4 is 0 Å². The van der Waals surface area contributed by atoms with Crippen LogP contribution in [0.2, 0.25) is 0 Å². The van der Waals surface area contributed by atoms with Gasteiger partial charge in [0.15, 0.2) is 0 Å². The fourth-order valence-electron chi connectivity index (χ4n) is 2.08. The molecule has 0 radical (unpaired) electrons. The van der Waals surface area contributed by atoms with Crippen LogP contribution in [0.1, 0.15) is 17.0 Å². The molecule has 1 N–H and O–H groups in total. The molecule has 0 aliphatic rings. The van der Waals surface area contributed by atoms with Crippen molar-refractivity contribution in [1.82, 2.24) is 14.4 Å². The third kappa shape index (κ3) is 3.54. The summed E-state index contributed by atoms with van der Waals surface area (Å²) < 4.78 is 7.00. The van der Waals surface area contributed by atoms with E-state index in [4.69, 9.17) is 9.84 Å². The Morgan fingerprint density at radius 2 is 2.17 bits per heavy atom. The molecule has 0 unspecified atom stereocenters. The molecule has 0 saturated heterocycles. The maximum absolute atomic E-state index is 10.6. The number of aromatic nitrogens is 3. The smallest absolute Gasteiger partial charge is 0.329 e. The van der Waals surface area contributed by atoms with E-state index in [2.05, 4.69) is 21.8 Å². The summed E-state index contributed by atoms with van der Waals surface area (Å²) in [7, 11) is 0. The molecule has 114 valence electrons. The van der Waals surface area contributed by atoms with Crippen LogP contribution in [0.3, 0.4) is 0 Å². The Morgan fingerprint density at radius 1 is 1.26 bits per heavy atom. The number of rotatable bonds is 4. The van der Waals surface area contributed by atoms with Gasteiger partial charge in [-0.15, -0.1) is 0 Å². The summed E-state index contributed by atoms with van der Waals surface area (Å²) in [6, 6.07) is 9.30. The second-order valence-electron chi connectivity index (χ2n) is 4.71. The average molecular weight is 307 g/mol. The zero-order chi connectivity index (χ0) is 16.1. The number of aliphatic carboxylic acids is 1. The van der Waals surface area contributed by atoms with Gasteiger partial charge in [-0.05, 0) is 30.2 Å². The van der Waals surface area contributed by atoms with Crippen LogP contribution in [0.5, 0.6) is 0 Å². The van der Waals surface area contributed by atoms with Gasteiger partial charge >= 0.3 is 5.97 Å². The van der Waals surface area contributed by atoms with Gasteiger partial charge in [0.05, 0.1) is 6.61 Å². The minimum Gasteiger partial charge on any atom is -0.480 e. The van der Waals surface area contributed by atoms with Crippen LogP contribution in [0.15, 0.2) is 48.9 Å². The minimum atomic E-state index is -1.02. The molecule has 0 saturated carbocycles. The summed E-state index contributed by atoms with van der Waals surface area (Å²) in [5.74, 6) is 5.09. The predicted octanol–water partition coefficient (Wildman–Crippen LogP) is 1.73. The Labute approximate surface area is 132 Å². The quantitative estimate of drug-likeness (QED) is 0.743. The molecule has 6 nitrogen and oxygen atoms in total. The van der Waals surface area contributed by atoms with E-state index in [9.17, 15) is 4.79 Å². The van der Waals surface area contributed by atoms with E-state index in [1.165, 1.54) is 0 Å². The summed E-state index contributed by atoms with van der Waals surface area (Å²) in [6.07, 6.45) is 5.22. The molecule has 3 heterocycles. The Balaban J connectivity index is 1.96. The Kier molecular flexibility index (Phi) is 4.32. The number of ether oxygens (including phenoxy) is 1. The third-order valence-electron chi connectivity index (χ3n) is 3.05. The molecule has 3 rings (SSSR count). The van der Waals surface area contributed by atoms with E-state index in [1.807, 2.05) is 40.9 Å². The molecule has 0 amide bonds. The highest BCUT2D eigenvalue weighted by molar-refractivity contribution is 5.68. The standard InChI is InChI=1S/C17H13N3O3/c21-17(22)12-23-11-14-15(7-6-13-4-3-8-18-10-13)20-9-2-1-5-16(20)19-14/h1-5,8-10H,11-12H2,(H,21,22). The first-order valence-corrected chi connectivity index (χ1v) is 6.91. The molecule has 0 aliphatic heterocycles. The van der Waals surface area contributed by atoms with Crippen molar-refractivity contribution in [3.63, 3.8) is 0 Å². The van der Waals surface area contributed by atoms with Crippen molar-refractivity contribution in [2.75, 3.05) is 6.61 Å². The zero-order valence-corrected chi connectivity index (χ0v) is 12.1. The minimum absolute atomic E-state index is 0.0883. The van der Waals surface area contributed by atoms with Gasteiger partial charge in [0.25, 0.3) is 0 Å². The van der Waals surface area contributed by atoms with Gasteiger partial charge in [-0.3, -0.25) is 9.38 Å². The van der Waals surface area contributed by atoms with Crippen molar-refractivity contribution in [2.45, 2.75) is 6.61 Å². The van der Waals surface area contributed by atoms with Crippen molar-refractivity contribution in [2.24, 2.45) is 0 Å². The Bertz CT molecular complexity index is 892. The molecule has 0 bridgehead atoms. The summed E-state index contributed by atoms with van der Waals surface area (Å²) in [6.45, 7) is -0.283. The van der Waals surface area contributed by atoms with Crippen molar-refractivity contribution < 1.29 is 14.6 Å². The van der Waals surface area contributed by atoms with Gasteiger partial charge in [-0.1, -0.05) is 12.0 Å². The Hall–Kier alpha value is -3.17. The lowest BCUT2D eigenvalue weighted by Gasteiger charge is -1.99. The fourth-order valence-corrected chi connectivity index (χ4v) is 2.08. The third-order valence-corrected chi connectivity index (χ3v) is 3.05. The number of hydrogen-bond donors (Lipinski definition) is 1. The SMILES string of the molecule is O=C(O)COCc1nc2ccccn2c1C#Cc1cccnc1. The van der Waals surface area contributed by atoms with Gasteiger partial charge in [0, 0.05) is 24.2 Å².